The van der Waals surface area contributed by atoms with Gasteiger partial charge in [0.25, 0.3) is 5.91 Å². The quantitative estimate of drug-likeness (QED) is 0.738. The molecule has 1 aliphatic rings. The maximum Gasteiger partial charge on any atom is 0.287 e. The Morgan fingerprint density at radius 2 is 1.88 bits per heavy atom. The lowest BCUT2D eigenvalue weighted by Crippen LogP contribution is -2.38. The first kappa shape index (κ1) is 18.0. The molecule has 134 valence electrons. The van der Waals surface area contributed by atoms with Crippen LogP contribution in [0.2, 0.25) is 0 Å². The fourth-order valence-corrected chi connectivity index (χ4v) is 3.72. The third-order valence-corrected chi connectivity index (χ3v) is 5.28. The molecule has 2 amide bonds. The second-order valence-electron chi connectivity index (χ2n) is 6.58. The highest BCUT2D eigenvalue weighted by Gasteiger charge is 2.21. The van der Waals surface area contributed by atoms with E-state index in [9.17, 15) is 9.59 Å². The summed E-state index contributed by atoms with van der Waals surface area (Å²) in [7, 11) is 0. The molecule has 2 aromatic rings. The molecule has 5 nitrogen and oxygen atoms in total. The van der Waals surface area contributed by atoms with Crippen molar-refractivity contribution in [2.24, 2.45) is 5.92 Å². The normalized spacial score (nSPS) is 15.3. The van der Waals surface area contributed by atoms with Gasteiger partial charge in [0.1, 0.15) is 5.58 Å². The smallest absolute Gasteiger partial charge is 0.287 e. The van der Waals surface area contributed by atoms with E-state index in [2.05, 4.69) is 26.6 Å². The van der Waals surface area contributed by atoms with Crippen LogP contribution in [0.4, 0.5) is 0 Å². The van der Waals surface area contributed by atoms with Crippen molar-refractivity contribution in [2.75, 3.05) is 13.1 Å². The fraction of sp³-hybridized carbons (Fsp3) is 0.474. The number of nitrogens with one attached hydrogen (secondary N) is 2. The highest BCUT2D eigenvalue weighted by atomic mass is 79.9. The van der Waals surface area contributed by atoms with Gasteiger partial charge in [-0.25, -0.2) is 0 Å². The van der Waals surface area contributed by atoms with Gasteiger partial charge in [0.2, 0.25) is 5.91 Å². The molecule has 6 heteroatoms. The molecular formula is C19H23BrN2O3. The molecule has 0 bridgehead atoms. The summed E-state index contributed by atoms with van der Waals surface area (Å²) in [6.07, 6.45) is 5.46. The Labute approximate surface area is 155 Å². The number of aryl methyl sites for hydroxylation is 1. The molecule has 0 spiro atoms. The summed E-state index contributed by atoms with van der Waals surface area (Å²) in [6.45, 7) is 2.70. The van der Waals surface area contributed by atoms with Crippen molar-refractivity contribution >= 4 is 38.7 Å². The van der Waals surface area contributed by atoms with E-state index in [4.69, 9.17) is 4.42 Å². The van der Waals surface area contributed by atoms with Crippen LogP contribution in [0, 0.1) is 12.8 Å². The Morgan fingerprint density at radius 3 is 2.64 bits per heavy atom. The molecule has 0 radical (unpaired) electrons. The lowest BCUT2D eigenvalue weighted by Gasteiger charge is -2.20. The molecule has 0 atom stereocenters. The Morgan fingerprint density at radius 1 is 1.16 bits per heavy atom. The summed E-state index contributed by atoms with van der Waals surface area (Å²) in [4.78, 5) is 24.4. The van der Waals surface area contributed by atoms with E-state index in [1.165, 1.54) is 6.42 Å². The monoisotopic (exact) mass is 406 g/mol. The summed E-state index contributed by atoms with van der Waals surface area (Å²) >= 11 is 3.43. The zero-order valence-electron chi connectivity index (χ0n) is 14.4. The summed E-state index contributed by atoms with van der Waals surface area (Å²) in [5.74, 6) is 0.322. The summed E-state index contributed by atoms with van der Waals surface area (Å²) < 4.78 is 6.61. The summed E-state index contributed by atoms with van der Waals surface area (Å²) in [6, 6.07) is 5.66. The first-order chi connectivity index (χ1) is 12.1. The molecule has 0 aliphatic heterocycles. The van der Waals surface area contributed by atoms with Crippen LogP contribution in [-0.4, -0.2) is 24.9 Å². The maximum absolute atomic E-state index is 12.3. The predicted molar refractivity (Wildman–Crippen MR) is 101 cm³/mol. The third-order valence-electron chi connectivity index (χ3n) is 4.79. The molecule has 1 heterocycles. The molecular weight excluding hydrogens is 384 g/mol. The van der Waals surface area contributed by atoms with Crippen LogP contribution in [0.15, 0.2) is 27.1 Å². The molecule has 3 rings (SSSR count). The lowest BCUT2D eigenvalue weighted by molar-refractivity contribution is -0.125. The second-order valence-corrected chi connectivity index (χ2v) is 7.49. The number of benzene rings is 1. The first-order valence-corrected chi connectivity index (χ1v) is 9.60. The van der Waals surface area contributed by atoms with Crippen LogP contribution >= 0.6 is 15.9 Å². The highest BCUT2D eigenvalue weighted by molar-refractivity contribution is 9.10. The van der Waals surface area contributed by atoms with Gasteiger partial charge in [0.15, 0.2) is 5.76 Å². The highest BCUT2D eigenvalue weighted by Crippen LogP contribution is 2.28. The molecule has 0 saturated heterocycles. The van der Waals surface area contributed by atoms with Gasteiger partial charge in [-0.1, -0.05) is 35.2 Å². The van der Waals surface area contributed by atoms with Crippen molar-refractivity contribution in [2.45, 2.75) is 39.0 Å². The largest absolute Gasteiger partial charge is 0.451 e. The first-order valence-electron chi connectivity index (χ1n) is 8.81. The molecule has 1 aliphatic carbocycles. The third kappa shape index (κ3) is 4.24. The van der Waals surface area contributed by atoms with Crippen molar-refractivity contribution in [3.63, 3.8) is 0 Å². The number of halogens is 1. The average Bonchev–Trinajstić information content (AvgIpc) is 2.95. The van der Waals surface area contributed by atoms with Crippen molar-refractivity contribution in [1.82, 2.24) is 10.6 Å². The minimum atomic E-state index is -0.253. The number of amides is 2. The van der Waals surface area contributed by atoms with E-state index >= 15 is 0 Å². The van der Waals surface area contributed by atoms with Crippen molar-refractivity contribution in [3.8, 4) is 0 Å². The second kappa shape index (κ2) is 8.04. The van der Waals surface area contributed by atoms with E-state index in [1.54, 1.807) is 0 Å². The minimum Gasteiger partial charge on any atom is -0.451 e. The Kier molecular flexibility index (Phi) is 5.78. The number of fused-ring (bicyclic) bond motifs is 1. The number of furan rings is 1. The van der Waals surface area contributed by atoms with Crippen molar-refractivity contribution in [3.05, 3.63) is 34.0 Å². The van der Waals surface area contributed by atoms with E-state index in [-0.39, 0.29) is 17.7 Å². The minimum absolute atomic E-state index is 0.110. The van der Waals surface area contributed by atoms with Crippen LogP contribution < -0.4 is 10.6 Å². The van der Waals surface area contributed by atoms with Gasteiger partial charge in [0, 0.05) is 34.4 Å². The number of carbonyl (C=O) groups excluding carboxylic acids is 2. The standard InChI is InChI=1S/C19H23BrN2O3/c1-12-15-11-14(20)7-8-16(15)25-17(12)19(24)22-10-9-21-18(23)13-5-3-2-4-6-13/h7-8,11,13H,2-6,9-10H2,1H3,(H,21,23)(H,22,24). The number of hydrogen-bond donors (Lipinski definition) is 2. The van der Waals surface area contributed by atoms with Crippen LogP contribution in [0.3, 0.4) is 0 Å². The zero-order chi connectivity index (χ0) is 17.8. The molecule has 25 heavy (non-hydrogen) atoms. The Bertz CT molecular complexity index is 778. The van der Waals surface area contributed by atoms with E-state index in [0.29, 0.717) is 24.4 Å². The SMILES string of the molecule is Cc1c(C(=O)NCCNC(=O)C2CCCCC2)oc2ccc(Br)cc12. The molecule has 1 aromatic carbocycles. The van der Waals surface area contributed by atoms with Gasteiger partial charge < -0.3 is 15.1 Å². The average molecular weight is 407 g/mol. The number of hydrogen-bond acceptors (Lipinski definition) is 3. The topological polar surface area (TPSA) is 71.3 Å². The molecule has 2 N–H and O–H groups in total. The van der Waals surface area contributed by atoms with Gasteiger partial charge in [0.05, 0.1) is 0 Å². The summed E-state index contributed by atoms with van der Waals surface area (Å²) in [5.41, 5.74) is 1.51. The Hall–Kier alpha value is -1.82. The molecule has 1 fully saturated rings. The molecule has 1 aromatic heterocycles. The Balaban J connectivity index is 1.51. The number of rotatable bonds is 5. The van der Waals surface area contributed by atoms with E-state index < -0.39 is 0 Å². The van der Waals surface area contributed by atoms with Crippen molar-refractivity contribution in [1.29, 1.82) is 0 Å². The van der Waals surface area contributed by atoms with Crippen LogP contribution in [-0.2, 0) is 4.79 Å². The predicted octanol–water partition coefficient (Wildman–Crippen LogP) is 3.93. The summed E-state index contributed by atoms with van der Waals surface area (Å²) in [5, 5.41) is 6.65. The van der Waals surface area contributed by atoms with Crippen LogP contribution in [0.1, 0.15) is 48.2 Å². The molecule has 1 saturated carbocycles. The zero-order valence-corrected chi connectivity index (χ0v) is 15.9. The number of carbonyl (C=O) groups is 2. The molecule has 0 unspecified atom stereocenters. The fourth-order valence-electron chi connectivity index (χ4n) is 3.36. The van der Waals surface area contributed by atoms with E-state index in [0.717, 1.165) is 41.1 Å². The van der Waals surface area contributed by atoms with Gasteiger partial charge in [-0.05, 0) is 38.0 Å². The van der Waals surface area contributed by atoms with Crippen molar-refractivity contribution < 1.29 is 14.0 Å². The van der Waals surface area contributed by atoms with Gasteiger partial charge in [-0.2, -0.15) is 0 Å². The van der Waals surface area contributed by atoms with Gasteiger partial charge in [-0.3, -0.25) is 9.59 Å². The maximum atomic E-state index is 12.3. The lowest BCUT2D eigenvalue weighted by atomic mass is 9.89. The van der Waals surface area contributed by atoms with Crippen LogP contribution in [0.25, 0.3) is 11.0 Å². The van der Waals surface area contributed by atoms with E-state index in [1.807, 2.05) is 25.1 Å². The van der Waals surface area contributed by atoms with Gasteiger partial charge in [-0.15, -0.1) is 0 Å². The van der Waals surface area contributed by atoms with Gasteiger partial charge >= 0.3 is 0 Å². The van der Waals surface area contributed by atoms with Crippen LogP contribution in [0.5, 0.6) is 0 Å².